The van der Waals surface area contributed by atoms with Gasteiger partial charge in [-0.3, -0.25) is 4.79 Å². The van der Waals surface area contributed by atoms with Crippen molar-refractivity contribution < 1.29 is 9.18 Å². The zero-order valence-electron chi connectivity index (χ0n) is 13.4. The summed E-state index contributed by atoms with van der Waals surface area (Å²) in [5, 5.41) is 2.83. The number of aromatic nitrogens is 2. The molecule has 1 saturated carbocycles. The van der Waals surface area contributed by atoms with Crippen molar-refractivity contribution in [2.45, 2.75) is 18.4 Å². The van der Waals surface area contributed by atoms with E-state index in [2.05, 4.69) is 27.0 Å². The van der Waals surface area contributed by atoms with Gasteiger partial charge < -0.3 is 9.88 Å². The topological polar surface area (TPSA) is 46.9 Å². The van der Waals surface area contributed by atoms with E-state index in [0.717, 1.165) is 18.5 Å². The minimum absolute atomic E-state index is 0.0535. The molecule has 1 aliphatic carbocycles. The highest BCUT2D eigenvalue weighted by Gasteiger charge is 2.54. The molecule has 3 aromatic rings. The van der Waals surface area contributed by atoms with Gasteiger partial charge in [-0.25, -0.2) is 9.37 Å². The van der Waals surface area contributed by atoms with Crippen molar-refractivity contribution in [1.29, 1.82) is 0 Å². The average molecular weight is 333 g/mol. The first-order valence-corrected chi connectivity index (χ1v) is 8.36. The minimum Gasteiger partial charge on any atom is -0.326 e. The monoisotopic (exact) mass is 333 g/mol. The van der Waals surface area contributed by atoms with Crippen molar-refractivity contribution in [2.24, 2.45) is 5.92 Å². The molecule has 2 aliphatic rings. The molecule has 25 heavy (non-hydrogen) atoms. The van der Waals surface area contributed by atoms with E-state index in [1.165, 1.54) is 23.3 Å². The Morgan fingerprint density at radius 2 is 2.04 bits per heavy atom. The highest BCUT2D eigenvalue weighted by molar-refractivity contribution is 5.94. The fraction of sp³-hybridized carbons (Fsp3) is 0.200. The van der Waals surface area contributed by atoms with E-state index < -0.39 is 0 Å². The molecule has 4 nitrogen and oxygen atoms in total. The molecule has 1 amide bonds. The molecule has 5 rings (SSSR count). The molecule has 0 saturated heterocycles. The van der Waals surface area contributed by atoms with Crippen LogP contribution in [0, 0.1) is 11.7 Å². The Balaban J connectivity index is 1.40. The summed E-state index contributed by atoms with van der Waals surface area (Å²) in [5.74, 6) is -0.498. The maximum Gasteiger partial charge on any atom is 0.227 e. The second kappa shape index (κ2) is 5.02. The van der Waals surface area contributed by atoms with E-state index >= 15 is 0 Å². The number of fused-ring (bicyclic) bond motifs is 5. The smallest absolute Gasteiger partial charge is 0.227 e. The third kappa shape index (κ3) is 1.98. The predicted octanol–water partition coefficient (Wildman–Crippen LogP) is 3.79. The molecule has 0 radical (unpaired) electrons. The molecule has 2 heterocycles. The van der Waals surface area contributed by atoms with E-state index in [-0.39, 0.29) is 23.2 Å². The summed E-state index contributed by atoms with van der Waals surface area (Å²) in [6.07, 6.45) is 5.20. The molecule has 1 aliphatic heterocycles. The van der Waals surface area contributed by atoms with Gasteiger partial charge in [-0.05, 0) is 36.6 Å². The number of anilines is 1. The van der Waals surface area contributed by atoms with Gasteiger partial charge in [0.2, 0.25) is 5.91 Å². The van der Waals surface area contributed by atoms with Crippen molar-refractivity contribution in [2.75, 3.05) is 5.32 Å². The van der Waals surface area contributed by atoms with Crippen molar-refractivity contribution >= 4 is 11.6 Å². The lowest BCUT2D eigenvalue weighted by Crippen LogP contribution is -2.49. The number of hydrogen-bond acceptors (Lipinski definition) is 2. The van der Waals surface area contributed by atoms with Crippen LogP contribution in [-0.4, -0.2) is 15.5 Å². The van der Waals surface area contributed by atoms with Crippen LogP contribution in [0.2, 0.25) is 0 Å². The van der Waals surface area contributed by atoms with Crippen molar-refractivity contribution in [1.82, 2.24) is 9.55 Å². The van der Waals surface area contributed by atoms with Crippen LogP contribution in [0.15, 0.2) is 61.1 Å². The number of hydrogen-bond donors (Lipinski definition) is 1. The number of amides is 1. The van der Waals surface area contributed by atoms with E-state index in [0.29, 0.717) is 5.69 Å². The number of nitrogens with zero attached hydrogens (tertiary/aromatic N) is 2. The van der Waals surface area contributed by atoms with Crippen LogP contribution in [0.5, 0.6) is 0 Å². The van der Waals surface area contributed by atoms with Gasteiger partial charge in [0, 0.05) is 17.2 Å². The normalized spacial score (nSPS) is 23.0. The summed E-state index contributed by atoms with van der Waals surface area (Å²) in [4.78, 5) is 16.8. The van der Waals surface area contributed by atoms with Crippen molar-refractivity contribution in [3.05, 3.63) is 72.4 Å². The van der Waals surface area contributed by atoms with Crippen molar-refractivity contribution in [3.63, 3.8) is 0 Å². The highest BCUT2D eigenvalue weighted by atomic mass is 19.1. The number of carbonyl (C=O) groups excluding carboxylic acids is 1. The highest BCUT2D eigenvalue weighted by Crippen LogP contribution is 2.56. The summed E-state index contributed by atoms with van der Waals surface area (Å²) >= 11 is 0. The standard InChI is InChI=1S/C20H16FN3O/c21-14-4-3-5-15(8-14)23-19(25)13-9-20(10-13)17-7-2-1-6-16(17)18-11-22-12-24(18)20/h1-8,11-13H,9-10H2,(H,23,25). The fourth-order valence-corrected chi connectivity index (χ4v) is 4.25. The molecule has 0 atom stereocenters. The number of nitrogens with one attached hydrogen (secondary N) is 1. The van der Waals surface area contributed by atoms with Gasteiger partial charge >= 0.3 is 0 Å². The molecule has 5 heteroatoms. The minimum atomic E-state index is -0.351. The lowest BCUT2D eigenvalue weighted by molar-refractivity contribution is -0.125. The number of imidazole rings is 1. The van der Waals surface area contributed by atoms with Gasteiger partial charge in [0.05, 0.1) is 23.8 Å². The molecular weight excluding hydrogens is 317 g/mol. The maximum absolute atomic E-state index is 13.3. The van der Waals surface area contributed by atoms with E-state index in [1.54, 1.807) is 12.1 Å². The Labute approximate surface area is 144 Å². The summed E-state index contributed by atoms with van der Waals surface area (Å²) in [6.45, 7) is 0. The summed E-state index contributed by atoms with van der Waals surface area (Å²) in [5.41, 5.74) is 3.90. The number of halogens is 1. The molecule has 2 aromatic carbocycles. The summed E-state index contributed by atoms with van der Waals surface area (Å²) in [6, 6.07) is 14.3. The van der Waals surface area contributed by atoms with Crippen LogP contribution in [0.3, 0.4) is 0 Å². The fourth-order valence-electron chi connectivity index (χ4n) is 4.25. The zero-order valence-corrected chi connectivity index (χ0v) is 13.4. The average Bonchev–Trinajstić information content (AvgIpc) is 3.13. The largest absolute Gasteiger partial charge is 0.326 e. The third-order valence-electron chi connectivity index (χ3n) is 5.44. The summed E-state index contributed by atoms with van der Waals surface area (Å²) in [7, 11) is 0. The Morgan fingerprint density at radius 1 is 1.20 bits per heavy atom. The molecule has 1 N–H and O–H groups in total. The zero-order chi connectivity index (χ0) is 17.0. The van der Waals surface area contributed by atoms with Crippen LogP contribution < -0.4 is 5.32 Å². The number of carbonyl (C=O) groups is 1. The quantitative estimate of drug-likeness (QED) is 0.775. The van der Waals surface area contributed by atoms with E-state index in [4.69, 9.17) is 0 Å². The van der Waals surface area contributed by atoms with E-state index in [9.17, 15) is 9.18 Å². The van der Waals surface area contributed by atoms with Gasteiger partial charge in [-0.1, -0.05) is 30.3 Å². The van der Waals surface area contributed by atoms with Gasteiger partial charge in [0.1, 0.15) is 5.82 Å². The first-order valence-electron chi connectivity index (χ1n) is 8.36. The van der Waals surface area contributed by atoms with E-state index in [1.807, 2.05) is 24.7 Å². The lowest BCUT2D eigenvalue weighted by Gasteiger charge is -2.46. The molecular formula is C20H16FN3O. The van der Waals surface area contributed by atoms with Crippen LogP contribution in [0.25, 0.3) is 11.3 Å². The van der Waals surface area contributed by atoms with Gasteiger partial charge in [-0.2, -0.15) is 0 Å². The maximum atomic E-state index is 13.3. The first kappa shape index (κ1) is 14.4. The van der Waals surface area contributed by atoms with Gasteiger partial charge in [0.25, 0.3) is 0 Å². The Bertz CT molecular complexity index is 988. The number of benzene rings is 2. The Hall–Kier alpha value is -2.95. The molecule has 1 fully saturated rings. The lowest BCUT2D eigenvalue weighted by atomic mass is 9.64. The van der Waals surface area contributed by atoms with Crippen LogP contribution >= 0.6 is 0 Å². The Kier molecular flexibility index (Phi) is 2.89. The molecule has 124 valence electrons. The van der Waals surface area contributed by atoms with Crippen LogP contribution in [-0.2, 0) is 10.3 Å². The second-order valence-corrected chi connectivity index (χ2v) is 6.83. The van der Waals surface area contributed by atoms with Gasteiger partial charge in [-0.15, -0.1) is 0 Å². The Morgan fingerprint density at radius 3 is 2.88 bits per heavy atom. The van der Waals surface area contributed by atoms with Gasteiger partial charge in [0.15, 0.2) is 0 Å². The third-order valence-corrected chi connectivity index (χ3v) is 5.44. The van der Waals surface area contributed by atoms with Crippen LogP contribution in [0.4, 0.5) is 10.1 Å². The first-order chi connectivity index (χ1) is 12.2. The molecule has 0 unspecified atom stereocenters. The van der Waals surface area contributed by atoms with Crippen molar-refractivity contribution in [3.8, 4) is 11.3 Å². The second-order valence-electron chi connectivity index (χ2n) is 6.83. The molecule has 1 spiro atoms. The molecule has 1 aromatic heterocycles. The molecule has 0 bridgehead atoms. The predicted molar refractivity (Wildman–Crippen MR) is 92.5 cm³/mol. The number of rotatable bonds is 2. The van der Waals surface area contributed by atoms with Crippen LogP contribution in [0.1, 0.15) is 18.4 Å². The summed E-state index contributed by atoms with van der Waals surface area (Å²) < 4.78 is 15.5. The SMILES string of the molecule is O=C(Nc1cccc(F)c1)C1CC2(C1)c1ccccc1-c1cncn12.